The number of ether oxygens (including phenoxy) is 4. The van der Waals surface area contributed by atoms with Crippen molar-refractivity contribution in [2.45, 2.75) is 88.7 Å². The smallest absolute Gasteiger partial charge is 0.412 e. The number of hydrogen-bond acceptors (Lipinski definition) is 24. The van der Waals surface area contributed by atoms with Gasteiger partial charge >= 0.3 is 39.4 Å². The normalized spacial score (nSPS) is 14.6. The zero-order valence-corrected chi connectivity index (χ0v) is 62.3. The number of nitrogens with zero attached hydrogens (tertiary/aromatic N) is 8. The van der Waals surface area contributed by atoms with E-state index < -0.39 is 116 Å². The maximum atomic E-state index is 13.7. The number of carboxylic acids is 4. The van der Waals surface area contributed by atoms with Gasteiger partial charge in [-0.2, -0.15) is 9.82 Å². The van der Waals surface area contributed by atoms with Crippen LogP contribution in [0.1, 0.15) is 72.9 Å². The maximum absolute atomic E-state index is 13.7. The number of aromatic nitrogens is 4. The van der Waals surface area contributed by atoms with E-state index in [1.54, 1.807) is 61.1 Å². The number of carbonyl (C=O) groups excluding carboxylic acids is 5. The van der Waals surface area contributed by atoms with Crippen molar-refractivity contribution >= 4 is 95.8 Å². The van der Waals surface area contributed by atoms with Crippen molar-refractivity contribution in [1.82, 2.24) is 75.1 Å². The number of carboxylic acid groups (broad SMARTS) is 4. The lowest BCUT2D eigenvalue weighted by molar-refractivity contribution is -0.140. The van der Waals surface area contributed by atoms with Gasteiger partial charge < -0.3 is 95.8 Å². The monoisotopic (exact) mass is 1570 g/mol. The van der Waals surface area contributed by atoms with Gasteiger partial charge in [0, 0.05) is 135 Å². The van der Waals surface area contributed by atoms with E-state index in [-0.39, 0.29) is 171 Å². The van der Waals surface area contributed by atoms with Crippen molar-refractivity contribution in [2.75, 3.05) is 169 Å². The molecule has 5 rings (SSSR count). The fourth-order valence-corrected chi connectivity index (χ4v) is 14.5. The average molecular weight is 1580 g/mol. The Morgan fingerprint density at radius 2 is 1.14 bits per heavy atom. The number of sulfonamides is 1. The van der Waals surface area contributed by atoms with Gasteiger partial charge in [0.25, 0.3) is 5.91 Å². The fraction of sp³-hybridized carbons (Fsp3) is 0.603. The molecular weight excluding hydrogens is 1470 g/mol. The first-order valence-corrected chi connectivity index (χ1v) is 39.1. The summed E-state index contributed by atoms with van der Waals surface area (Å²) < 4.78 is 76.6. The van der Waals surface area contributed by atoms with E-state index in [0.717, 1.165) is 11.9 Å². The Morgan fingerprint density at radius 3 is 1.67 bits per heavy atom. The molecule has 598 valence electrons. The largest absolute Gasteiger partial charge is 0.494 e. The Balaban J connectivity index is 0.957. The summed E-state index contributed by atoms with van der Waals surface area (Å²) in [6.45, 7) is 3.96. The van der Waals surface area contributed by atoms with Gasteiger partial charge in [-0.05, 0) is 100 Å². The highest BCUT2D eigenvalue weighted by Crippen LogP contribution is 2.57. The Hall–Kier alpha value is -8.16. The van der Waals surface area contributed by atoms with Gasteiger partial charge in [0.2, 0.25) is 33.7 Å². The molecule has 0 radical (unpaired) electrons. The maximum Gasteiger partial charge on any atom is 0.412 e. The van der Waals surface area contributed by atoms with E-state index in [0.29, 0.717) is 62.6 Å². The second-order valence-electron chi connectivity index (χ2n) is 24.9. The molecular formula is C63H100N16O25P2S. The Morgan fingerprint density at radius 1 is 0.607 bits per heavy atom. The number of amides is 5. The standard InChI is InChI=1S/C63H100N16O25P2S/c1-45-35-49(36-46(2)59(45)107(99,100)73-51(62(91)92)39-70-60(89)47-11-12-52-48(37-47)38-71-78(52)19-6-14-67-63-68-17-18-69-63)104-30-5-10-53(80)64-15-7-28-101-31-33-103-34-32-102-29-8-16-66-61(90)50(9-3-4-13-65-54(81)41-79(105(93,94)95)106(96,97)98)72-55(82)40-74-20-22-75(42-56(83)84)24-26-77(44-58(87)88)27-25-76(23-21-74)43-57(85)86/h11-12,17-18,35-38,50-51,73H,3-10,13-16,19-34,39-44H2,1-2H3,(H,64,80)(H,65,81)(H,66,90)(H,70,89)(H,72,82)(H,83,84)(H,85,86)(H,87,88)(H,91,92)(H2,67,68,69)(H2,93,94,95)(H2,96,97,98)/t50-,51-/m1/s1. The average Bonchev–Trinajstić information content (AvgIpc) is 0.839. The number of aliphatic carboxylic acids is 4. The van der Waals surface area contributed by atoms with Crippen LogP contribution in [0.15, 0.2) is 53.8 Å². The molecule has 0 saturated carbocycles. The van der Waals surface area contributed by atoms with Crippen LogP contribution in [-0.4, -0.2) is 322 Å². The minimum atomic E-state index is -5.53. The number of fused-ring (bicyclic) bond motifs is 1. The molecule has 1 fully saturated rings. The third-order valence-electron chi connectivity index (χ3n) is 16.3. The molecule has 0 bridgehead atoms. The van der Waals surface area contributed by atoms with E-state index in [2.05, 4.69) is 51.7 Å². The number of unbranched alkanes of at least 4 members (excludes halogenated alkanes) is 1. The zero-order chi connectivity index (χ0) is 78.5. The molecule has 5 amide bonds. The third-order valence-corrected chi connectivity index (χ3v) is 20.9. The SMILES string of the molecule is Cc1cc(OCCCC(=O)NCCCOCCOCCOCCCNC(=O)[C@@H](CCCCNC(=O)CN(P(=O)(O)O)P(=O)(O)O)NC(=O)CN2CCN(CC(=O)O)CCN(CC(=O)O)CCN(CC(=O)O)CC2)cc(C)c1S(=O)(=O)N[C@H](CNC(=O)c1ccc2c(cnn2CCCNc2ncc[nH]2)c1)C(=O)O. The van der Waals surface area contributed by atoms with Gasteiger partial charge in [0.05, 0.1) is 82.4 Å². The number of carbonyl (C=O) groups is 9. The van der Waals surface area contributed by atoms with Crippen LogP contribution in [0.4, 0.5) is 5.95 Å². The van der Waals surface area contributed by atoms with Gasteiger partial charge in [-0.25, -0.2) is 22.5 Å². The second kappa shape index (κ2) is 46.3. The number of aryl methyl sites for hydroxylation is 3. The van der Waals surface area contributed by atoms with E-state index in [4.69, 9.17) is 18.9 Å². The van der Waals surface area contributed by atoms with Crippen LogP contribution in [0.25, 0.3) is 10.9 Å². The lowest BCUT2D eigenvalue weighted by atomic mass is 10.1. The van der Waals surface area contributed by atoms with Crippen molar-refractivity contribution in [2.24, 2.45) is 0 Å². The third kappa shape index (κ3) is 34.7. The summed E-state index contributed by atoms with van der Waals surface area (Å²) in [5, 5.41) is 60.0. The molecule has 0 aliphatic carbocycles. The number of nitrogens with one attached hydrogen (secondary N) is 8. The van der Waals surface area contributed by atoms with Crippen LogP contribution in [0, 0.1) is 13.8 Å². The molecule has 4 aromatic rings. The number of H-pyrrole nitrogens is 1. The molecule has 1 aliphatic rings. The van der Waals surface area contributed by atoms with E-state index >= 15 is 0 Å². The number of hydrogen-bond donors (Lipinski definition) is 16. The predicted octanol–water partition coefficient (Wildman–Crippen LogP) is -2.00. The Kier molecular flexibility index (Phi) is 38.7. The van der Waals surface area contributed by atoms with E-state index in [1.807, 2.05) is 0 Å². The lowest BCUT2D eigenvalue weighted by Crippen LogP contribution is -2.52. The zero-order valence-electron chi connectivity index (χ0n) is 59.7. The molecule has 2 atom stereocenters. The number of benzene rings is 2. The molecule has 1 saturated heterocycles. The van der Waals surface area contributed by atoms with Crippen LogP contribution >= 0.6 is 15.5 Å². The molecule has 2 aromatic heterocycles. The molecule has 0 unspecified atom stereocenters. The van der Waals surface area contributed by atoms with Crippen LogP contribution in [0.5, 0.6) is 5.75 Å². The molecule has 44 heteroatoms. The quantitative estimate of drug-likeness (QED) is 0.0168. The van der Waals surface area contributed by atoms with Gasteiger partial charge in [0.1, 0.15) is 17.8 Å². The summed E-state index contributed by atoms with van der Waals surface area (Å²) in [5.41, 5.74) is 1.56. The van der Waals surface area contributed by atoms with Crippen LogP contribution < -0.4 is 41.4 Å². The van der Waals surface area contributed by atoms with Crippen LogP contribution in [0.2, 0.25) is 0 Å². The van der Waals surface area contributed by atoms with Gasteiger partial charge in [-0.15, -0.1) is 4.44 Å². The first kappa shape index (κ1) is 89.5. The minimum Gasteiger partial charge on any atom is -0.494 e. The number of imidazole rings is 1. The molecule has 1 aliphatic heterocycles. The summed E-state index contributed by atoms with van der Waals surface area (Å²) in [4.78, 5) is 164. The van der Waals surface area contributed by atoms with E-state index in [9.17, 15) is 101 Å². The Labute approximate surface area is 617 Å². The highest BCUT2D eigenvalue weighted by atomic mass is 32.2. The number of rotatable bonds is 50. The number of anilines is 1. The molecule has 41 nitrogen and oxygen atoms in total. The summed E-state index contributed by atoms with van der Waals surface area (Å²) >= 11 is 0. The molecule has 107 heavy (non-hydrogen) atoms. The van der Waals surface area contributed by atoms with Crippen LogP contribution in [-0.2, 0) is 78.3 Å². The highest BCUT2D eigenvalue weighted by Gasteiger charge is 2.41. The van der Waals surface area contributed by atoms with Crippen molar-refractivity contribution in [3.05, 3.63) is 65.6 Å². The topological polar surface area (TPSA) is 568 Å². The minimum absolute atomic E-state index is 0.00319. The second-order valence-corrected chi connectivity index (χ2v) is 29.9. The van der Waals surface area contributed by atoms with Crippen molar-refractivity contribution in [1.29, 1.82) is 0 Å². The summed E-state index contributed by atoms with van der Waals surface area (Å²) in [5.74, 6) is -7.07. The van der Waals surface area contributed by atoms with E-state index in [1.165, 1.54) is 26.0 Å². The highest BCUT2D eigenvalue weighted by molar-refractivity contribution is 7.89. The summed E-state index contributed by atoms with van der Waals surface area (Å²) in [6.07, 6.45) is 7.36. The molecule has 3 heterocycles. The van der Waals surface area contributed by atoms with Crippen molar-refractivity contribution < 1.29 is 120 Å². The molecule has 0 spiro atoms. The van der Waals surface area contributed by atoms with Gasteiger partial charge in [0.15, 0.2) is 5.95 Å². The van der Waals surface area contributed by atoms with Gasteiger partial charge in [-0.3, -0.25) is 67.4 Å². The first-order valence-electron chi connectivity index (χ1n) is 34.5. The Bertz CT molecular complexity index is 3680. The fourth-order valence-electron chi connectivity index (χ4n) is 11.0. The lowest BCUT2D eigenvalue weighted by Gasteiger charge is -2.33. The summed E-state index contributed by atoms with van der Waals surface area (Å²) in [6, 6.07) is 5.03. The first-order chi connectivity index (χ1) is 50.8. The molecule has 2 aromatic carbocycles. The van der Waals surface area contributed by atoms with Crippen molar-refractivity contribution in [3.8, 4) is 5.75 Å². The van der Waals surface area contributed by atoms with Crippen molar-refractivity contribution in [3.63, 3.8) is 0 Å². The number of aromatic amines is 1. The van der Waals surface area contributed by atoms with Gasteiger partial charge in [-0.1, -0.05) is 0 Å². The van der Waals surface area contributed by atoms with Crippen LogP contribution in [0.3, 0.4) is 0 Å². The predicted molar refractivity (Wildman–Crippen MR) is 382 cm³/mol. The summed E-state index contributed by atoms with van der Waals surface area (Å²) in [7, 11) is -15.5. The molecule has 16 N–H and O–H groups in total.